The summed E-state index contributed by atoms with van der Waals surface area (Å²) in [4.78, 5) is 20.7. The molecule has 1 N–H and O–H groups in total. The van der Waals surface area contributed by atoms with Crippen molar-refractivity contribution in [1.82, 2.24) is 15.3 Å². The van der Waals surface area contributed by atoms with E-state index in [0.29, 0.717) is 0 Å². The van der Waals surface area contributed by atoms with E-state index in [0.717, 1.165) is 21.8 Å². The Bertz CT molecular complexity index is 794. The zero-order valence-corrected chi connectivity index (χ0v) is 14.1. The Morgan fingerprint density at radius 2 is 2.26 bits per heavy atom. The van der Waals surface area contributed by atoms with E-state index >= 15 is 0 Å². The molecule has 0 aliphatic rings. The van der Waals surface area contributed by atoms with Gasteiger partial charge in [-0.3, -0.25) is 9.78 Å². The van der Waals surface area contributed by atoms with Crippen LogP contribution >= 0.6 is 22.7 Å². The molecule has 0 saturated heterocycles. The number of amides is 1. The summed E-state index contributed by atoms with van der Waals surface area (Å²) >= 11 is 3.14. The first-order chi connectivity index (χ1) is 11.2. The van der Waals surface area contributed by atoms with Crippen LogP contribution < -0.4 is 5.32 Å². The van der Waals surface area contributed by atoms with Gasteiger partial charge in [0.05, 0.1) is 11.7 Å². The molecule has 0 bridgehead atoms. The molecule has 3 rings (SSSR count). The number of hydrogen-bond donors (Lipinski definition) is 1. The number of thiophene rings is 1. The molecule has 3 aromatic rings. The number of aromatic nitrogens is 2. The largest absolute Gasteiger partial charge is 0.344 e. The molecule has 116 valence electrons. The fourth-order valence-electron chi connectivity index (χ4n) is 2.00. The van der Waals surface area contributed by atoms with Crippen LogP contribution in [0.2, 0.25) is 0 Å². The van der Waals surface area contributed by atoms with Gasteiger partial charge in [-0.05, 0) is 47.5 Å². The van der Waals surface area contributed by atoms with E-state index in [4.69, 9.17) is 0 Å². The van der Waals surface area contributed by atoms with Crippen LogP contribution in [-0.4, -0.2) is 15.9 Å². The zero-order valence-electron chi connectivity index (χ0n) is 12.5. The molecule has 0 radical (unpaired) electrons. The first kappa shape index (κ1) is 15.6. The fourth-order valence-corrected chi connectivity index (χ4v) is 3.46. The molecule has 3 aromatic heterocycles. The SMILES string of the molecule is CC(NC(=O)C=Cc1ccsc1)c1nc(-c2cccnc2)cs1. The molecule has 0 aromatic carbocycles. The molecule has 0 spiro atoms. The van der Waals surface area contributed by atoms with Gasteiger partial charge in [0.15, 0.2) is 0 Å². The van der Waals surface area contributed by atoms with Crippen LogP contribution in [0.3, 0.4) is 0 Å². The second-order valence-electron chi connectivity index (χ2n) is 4.93. The Hall–Kier alpha value is -2.31. The van der Waals surface area contributed by atoms with Gasteiger partial charge in [0.2, 0.25) is 5.91 Å². The lowest BCUT2D eigenvalue weighted by atomic mass is 10.2. The highest BCUT2D eigenvalue weighted by Gasteiger charge is 2.13. The summed E-state index contributed by atoms with van der Waals surface area (Å²) in [5.41, 5.74) is 2.89. The minimum absolute atomic E-state index is 0.123. The summed E-state index contributed by atoms with van der Waals surface area (Å²) in [5, 5.41) is 9.77. The Morgan fingerprint density at radius 1 is 1.35 bits per heavy atom. The second-order valence-corrected chi connectivity index (χ2v) is 6.60. The molecule has 1 amide bonds. The molecule has 6 heteroatoms. The third-order valence-electron chi connectivity index (χ3n) is 3.18. The predicted molar refractivity (Wildman–Crippen MR) is 95.3 cm³/mol. The highest BCUT2D eigenvalue weighted by molar-refractivity contribution is 7.10. The van der Waals surface area contributed by atoms with Crippen molar-refractivity contribution in [2.45, 2.75) is 13.0 Å². The number of hydrogen-bond acceptors (Lipinski definition) is 5. The lowest BCUT2D eigenvalue weighted by Crippen LogP contribution is -2.24. The first-order valence-corrected chi connectivity index (χ1v) is 8.91. The van der Waals surface area contributed by atoms with Crippen molar-refractivity contribution in [1.29, 1.82) is 0 Å². The first-order valence-electron chi connectivity index (χ1n) is 7.09. The number of carbonyl (C=O) groups excluding carboxylic acids is 1. The van der Waals surface area contributed by atoms with Gasteiger partial charge in [-0.2, -0.15) is 11.3 Å². The number of nitrogens with zero attached hydrogens (tertiary/aromatic N) is 2. The van der Waals surface area contributed by atoms with E-state index < -0.39 is 0 Å². The summed E-state index contributed by atoms with van der Waals surface area (Å²) in [6.45, 7) is 1.93. The van der Waals surface area contributed by atoms with Crippen LogP contribution in [0.15, 0.2) is 52.8 Å². The van der Waals surface area contributed by atoms with Gasteiger partial charge in [0.25, 0.3) is 0 Å². The number of carbonyl (C=O) groups is 1. The Labute approximate surface area is 142 Å². The Morgan fingerprint density at radius 3 is 3.00 bits per heavy atom. The summed E-state index contributed by atoms with van der Waals surface area (Å²) in [6, 6.07) is 5.69. The summed E-state index contributed by atoms with van der Waals surface area (Å²) in [7, 11) is 0. The molecule has 23 heavy (non-hydrogen) atoms. The predicted octanol–water partition coefficient (Wildman–Crippen LogP) is 4.16. The van der Waals surface area contributed by atoms with Crippen molar-refractivity contribution in [2.24, 2.45) is 0 Å². The topological polar surface area (TPSA) is 54.9 Å². The lowest BCUT2D eigenvalue weighted by molar-refractivity contribution is -0.117. The van der Waals surface area contributed by atoms with Gasteiger partial charge < -0.3 is 5.32 Å². The van der Waals surface area contributed by atoms with Crippen molar-refractivity contribution in [3.8, 4) is 11.3 Å². The summed E-state index contributed by atoms with van der Waals surface area (Å²) in [5.74, 6) is -0.123. The van der Waals surface area contributed by atoms with Crippen LogP contribution in [0.5, 0.6) is 0 Å². The monoisotopic (exact) mass is 341 g/mol. The lowest BCUT2D eigenvalue weighted by Gasteiger charge is -2.08. The number of thiazole rings is 1. The van der Waals surface area contributed by atoms with Gasteiger partial charge in [-0.25, -0.2) is 4.98 Å². The van der Waals surface area contributed by atoms with Crippen LogP contribution in [0.1, 0.15) is 23.5 Å². The van der Waals surface area contributed by atoms with E-state index in [9.17, 15) is 4.79 Å². The van der Waals surface area contributed by atoms with Gasteiger partial charge in [0, 0.05) is 29.4 Å². The molecular weight excluding hydrogens is 326 g/mol. The van der Waals surface area contributed by atoms with E-state index in [2.05, 4.69) is 15.3 Å². The zero-order chi connectivity index (χ0) is 16.1. The quantitative estimate of drug-likeness (QED) is 0.709. The van der Waals surface area contributed by atoms with Crippen LogP contribution in [0, 0.1) is 0 Å². The highest BCUT2D eigenvalue weighted by atomic mass is 32.1. The van der Waals surface area contributed by atoms with Crippen molar-refractivity contribution in [2.75, 3.05) is 0 Å². The maximum atomic E-state index is 12.0. The average Bonchev–Trinajstić information content (AvgIpc) is 3.25. The minimum atomic E-state index is -0.134. The highest BCUT2D eigenvalue weighted by Crippen LogP contribution is 2.24. The number of nitrogens with one attached hydrogen (secondary N) is 1. The molecule has 3 heterocycles. The fraction of sp³-hybridized carbons (Fsp3) is 0.118. The van der Waals surface area contributed by atoms with Crippen molar-refractivity contribution < 1.29 is 4.79 Å². The standard InChI is InChI=1S/C17H15N3OS2/c1-12(19-16(21)5-4-13-6-8-22-10-13)17-20-15(11-23-17)14-3-2-7-18-9-14/h2-12H,1H3,(H,19,21). The molecule has 4 nitrogen and oxygen atoms in total. The summed E-state index contributed by atoms with van der Waals surface area (Å²) in [6.07, 6.45) is 6.88. The molecule has 0 fully saturated rings. The van der Waals surface area contributed by atoms with Crippen LogP contribution in [0.4, 0.5) is 0 Å². The number of pyridine rings is 1. The number of rotatable bonds is 5. The van der Waals surface area contributed by atoms with E-state index in [1.165, 1.54) is 11.3 Å². The minimum Gasteiger partial charge on any atom is -0.344 e. The van der Waals surface area contributed by atoms with Crippen molar-refractivity contribution in [3.63, 3.8) is 0 Å². The van der Waals surface area contributed by atoms with Gasteiger partial charge in [-0.15, -0.1) is 11.3 Å². The van der Waals surface area contributed by atoms with Crippen LogP contribution in [-0.2, 0) is 4.79 Å². The molecule has 0 aliphatic carbocycles. The van der Waals surface area contributed by atoms with Gasteiger partial charge in [0.1, 0.15) is 5.01 Å². The van der Waals surface area contributed by atoms with E-state index in [-0.39, 0.29) is 11.9 Å². The van der Waals surface area contributed by atoms with E-state index in [1.807, 2.05) is 47.3 Å². The second kappa shape index (κ2) is 7.30. The molecule has 1 atom stereocenters. The maximum absolute atomic E-state index is 12.0. The summed E-state index contributed by atoms with van der Waals surface area (Å²) < 4.78 is 0. The molecular formula is C17H15N3OS2. The smallest absolute Gasteiger partial charge is 0.244 e. The van der Waals surface area contributed by atoms with Crippen LogP contribution in [0.25, 0.3) is 17.3 Å². The maximum Gasteiger partial charge on any atom is 0.244 e. The Kier molecular flexibility index (Phi) is 4.95. The van der Waals surface area contributed by atoms with Gasteiger partial charge >= 0.3 is 0 Å². The molecule has 0 saturated carbocycles. The van der Waals surface area contributed by atoms with Gasteiger partial charge in [-0.1, -0.05) is 0 Å². The molecule has 0 aliphatic heterocycles. The molecule has 1 unspecified atom stereocenters. The average molecular weight is 341 g/mol. The third kappa shape index (κ3) is 4.12. The van der Waals surface area contributed by atoms with E-state index in [1.54, 1.807) is 29.8 Å². The van der Waals surface area contributed by atoms with Crippen molar-refractivity contribution >= 4 is 34.7 Å². The van der Waals surface area contributed by atoms with Crippen molar-refractivity contribution in [3.05, 3.63) is 63.4 Å². The Balaban J connectivity index is 1.63. The third-order valence-corrected chi connectivity index (χ3v) is 4.91. The normalized spacial score (nSPS) is 12.4.